The van der Waals surface area contributed by atoms with Gasteiger partial charge in [0.1, 0.15) is 0 Å². The van der Waals surface area contributed by atoms with Crippen molar-refractivity contribution in [3.63, 3.8) is 0 Å². The van der Waals surface area contributed by atoms with Crippen LogP contribution in [0.5, 0.6) is 0 Å². The molecule has 0 radical (unpaired) electrons. The molecule has 2 aliphatic rings. The predicted molar refractivity (Wildman–Crippen MR) is 116 cm³/mol. The Morgan fingerprint density at radius 1 is 1.14 bits per heavy atom. The molecule has 0 spiro atoms. The smallest absolute Gasteiger partial charge is 0.254 e. The number of benzene rings is 1. The first-order valence-corrected chi connectivity index (χ1v) is 11.0. The van der Waals surface area contributed by atoms with Gasteiger partial charge in [-0.3, -0.25) is 4.79 Å². The highest BCUT2D eigenvalue weighted by Gasteiger charge is 2.51. The summed E-state index contributed by atoms with van der Waals surface area (Å²) in [7, 11) is 0. The quantitative estimate of drug-likeness (QED) is 0.537. The van der Waals surface area contributed by atoms with Gasteiger partial charge < -0.3 is 4.90 Å². The van der Waals surface area contributed by atoms with Crippen LogP contribution < -0.4 is 0 Å². The maximum atomic E-state index is 13.8. The highest BCUT2D eigenvalue weighted by atomic mass is 32.1. The van der Waals surface area contributed by atoms with Crippen LogP contribution in [0, 0.1) is 10.8 Å². The molecule has 1 saturated heterocycles. The average molecular weight is 391 g/mol. The number of thiophene rings is 1. The lowest BCUT2D eigenvalue weighted by Crippen LogP contribution is -2.37. The summed E-state index contributed by atoms with van der Waals surface area (Å²) in [5.74, 6) is 0.169. The van der Waals surface area contributed by atoms with Crippen LogP contribution in [0.2, 0.25) is 0 Å². The first-order valence-electron chi connectivity index (χ1n) is 10.1. The topological polar surface area (TPSA) is 33.2 Å². The molecule has 5 rings (SSSR count). The van der Waals surface area contributed by atoms with Gasteiger partial charge in [-0.05, 0) is 53.7 Å². The van der Waals surface area contributed by atoms with Crippen LogP contribution in [0.3, 0.4) is 0 Å². The van der Waals surface area contributed by atoms with Crippen LogP contribution in [0.4, 0.5) is 0 Å². The van der Waals surface area contributed by atoms with E-state index in [4.69, 9.17) is 4.98 Å². The molecule has 1 aromatic carbocycles. The molecule has 1 saturated carbocycles. The summed E-state index contributed by atoms with van der Waals surface area (Å²) in [6.45, 7) is 7.92. The van der Waals surface area contributed by atoms with Crippen LogP contribution in [0.1, 0.15) is 50.4 Å². The van der Waals surface area contributed by atoms with E-state index in [1.807, 2.05) is 36.4 Å². The maximum Gasteiger partial charge on any atom is 0.254 e. The Morgan fingerprint density at radius 2 is 1.96 bits per heavy atom. The number of rotatable bonds is 2. The fraction of sp³-hybridized carbons (Fsp3) is 0.417. The molecule has 0 unspecified atom stereocenters. The first kappa shape index (κ1) is 17.9. The zero-order valence-electron chi connectivity index (χ0n) is 16.7. The molecular weight excluding hydrogens is 364 g/mol. The maximum absolute atomic E-state index is 13.8. The number of amides is 1. The number of hydrogen-bond acceptors (Lipinski definition) is 3. The van der Waals surface area contributed by atoms with Crippen molar-refractivity contribution in [3.8, 4) is 10.6 Å². The summed E-state index contributed by atoms with van der Waals surface area (Å²) in [6, 6.07) is 14.5. The Balaban J connectivity index is 1.60. The normalized spacial score (nSPS) is 26.0. The van der Waals surface area contributed by atoms with Crippen molar-refractivity contribution in [2.24, 2.45) is 10.8 Å². The Bertz CT molecular complexity index is 1060. The summed E-state index contributed by atoms with van der Waals surface area (Å²) in [6.07, 6.45) is 3.41. The van der Waals surface area contributed by atoms with Crippen LogP contribution in [-0.4, -0.2) is 28.4 Å². The fourth-order valence-electron chi connectivity index (χ4n) is 5.75. The van der Waals surface area contributed by atoms with E-state index in [0.717, 1.165) is 46.4 Å². The molecule has 0 N–H and O–H groups in total. The summed E-state index contributed by atoms with van der Waals surface area (Å²) in [5, 5.41) is 3.01. The van der Waals surface area contributed by atoms with E-state index in [-0.39, 0.29) is 11.3 Å². The van der Waals surface area contributed by atoms with Gasteiger partial charge in [-0.15, -0.1) is 11.3 Å². The Morgan fingerprint density at radius 3 is 2.75 bits per heavy atom. The number of para-hydroxylation sites is 1. The lowest BCUT2D eigenvalue weighted by molar-refractivity contribution is 0.0710. The summed E-state index contributed by atoms with van der Waals surface area (Å²) < 4.78 is 0. The summed E-state index contributed by atoms with van der Waals surface area (Å²) in [5.41, 5.74) is 3.12. The van der Waals surface area contributed by atoms with Gasteiger partial charge in [0.2, 0.25) is 0 Å². The molecule has 1 aliphatic heterocycles. The van der Waals surface area contributed by atoms with Gasteiger partial charge in [0, 0.05) is 18.0 Å². The largest absolute Gasteiger partial charge is 0.335 e. The molecule has 3 aromatic rings. The summed E-state index contributed by atoms with van der Waals surface area (Å²) >= 11 is 1.66. The number of carbonyl (C=O) groups excluding carboxylic acids is 1. The van der Waals surface area contributed by atoms with Crippen LogP contribution >= 0.6 is 11.3 Å². The van der Waals surface area contributed by atoms with E-state index in [1.165, 1.54) is 6.42 Å². The number of pyridine rings is 1. The molecule has 2 atom stereocenters. The van der Waals surface area contributed by atoms with Gasteiger partial charge in [-0.25, -0.2) is 4.98 Å². The van der Waals surface area contributed by atoms with Crippen molar-refractivity contribution in [1.29, 1.82) is 0 Å². The van der Waals surface area contributed by atoms with E-state index in [1.54, 1.807) is 11.3 Å². The second kappa shape index (κ2) is 6.15. The molecule has 4 heteroatoms. The van der Waals surface area contributed by atoms with E-state index >= 15 is 0 Å². The van der Waals surface area contributed by atoms with Gasteiger partial charge in [0.15, 0.2) is 0 Å². The van der Waals surface area contributed by atoms with Gasteiger partial charge in [0.05, 0.1) is 21.7 Å². The van der Waals surface area contributed by atoms with Crippen molar-refractivity contribution < 1.29 is 4.79 Å². The van der Waals surface area contributed by atoms with Crippen molar-refractivity contribution >= 4 is 28.1 Å². The van der Waals surface area contributed by atoms with Gasteiger partial charge in [-0.1, -0.05) is 45.0 Å². The Kier molecular flexibility index (Phi) is 3.92. The SMILES string of the molecule is CC1(C)C[C@H]2C[C@](C)(CN2C(=O)c2cc(-c3cccs3)nc3ccccc23)C1. The molecule has 28 heavy (non-hydrogen) atoms. The minimum atomic E-state index is 0.169. The van der Waals surface area contributed by atoms with Gasteiger partial charge in [0.25, 0.3) is 5.91 Å². The second-order valence-electron chi connectivity index (χ2n) is 9.70. The molecule has 3 nitrogen and oxygen atoms in total. The van der Waals surface area contributed by atoms with Crippen molar-refractivity contribution in [1.82, 2.24) is 9.88 Å². The molecule has 2 aromatic heterocycles. The van der Waals surface area contributed by atoms with E-state index in [2.05, 4.69) is 37.1 Å². The minimum Gasteiger partial charge on any atom is -0.335 e. The van der Waals surface area contributed by atoms with Gasteiger partial charge in [-0.2, -0.15) is 0 Å². The Hall–Kier alpha value is -2.20. The highest BCUT2D eigenvalue weighted by molar-refractivity contribution is 7.13. The minimum absolute atomic E-state index is 0.169. The third-order valence-electron chi connectivity index (χ3n) is 6.40. The lowest BCUT2D eigenvalue weighted by atomic mass is 9.65. The number of nitrogens with zero attached hydrogens (tertiary/aromatic N) is 2. The zero-order chi connectivity index (χ0) is 19.5. The van der Waals surface area contributed by atoms with Crippen LogP contribution in [0.15, 0.2) is 47.8 Å². The average Bonchev–Trinajstić information content (AvgIpc) is 3.25. The molecule has 144 valence electrons. The molecule has 1 amide bonds. The first-order chi connectivity index (χ1) is 13.3. The molecular formula is C24H26N2OS. The molecule has 2 fully saturated rings. The third-order valence-corrected chi connectivity index (χ3v) is 7.29. The summed E-state index contributed by atoms with van der Waals surface area (Å²) in [4.78, 5) is 21.9. The van der Waals surface area contributed by atoms with Crippen molar-refractivity contribution in [2.75, 3.05) is 6.54 Å². The lowest BCUT2D eigenvalue weighted by Gasteiger charge is -2.39. The number of hydrogen-bond donors (Lipinski definition) is 0. The van der Waals surface area contributed by atoms with E-state index < -0.39 is 0 Å². The predicted octanol–water partition coefficient (Wildman–Crippen LogP) is 6.00. The monoisotopic (exact) mass is 390 g/mol. The number of likely N-dealkylation sites (tertiary alicyclic amines) is 1. The fourth-order valence-corrected chi connectivity index (χ4v) is 6.44. The Labute approximate surface area is 170 Å². The molecule has 1 aliphatic carbocycles. The number of fused-ring (bicyclic) bond motifs is 3. The van der Waals surface area contributed by atoms with E-state index in [0.29, 0.717) is 11.5 Å². The van der Waals surface area contributed by atoms with Crippen LogP contribution in [0.25, 0.3) is 21.5 Å². The van der Waals surface area contributed by atoms with E-state index in [9.17, 15) is 4.79 Å². The van der Waals surface area contributed by atoms with Gasteiger partial charge >= 0.3 is 0 Å². The van der Waals surface area contributed by atoms with Crippen molar-refractivity contribution in [3.05, 3.63) is 53.4 Å². The zero-order valence-corrected chi connectivity index (χ0v) is 17.6. The van der Waals surface area contributed by atoms with Crippen molar-refractivity contribution in [2.45, 2.75) is 46.1 Å². The number of carbonyl (C=O) groups is 1. The third kappa shape index (κ3) is 2.95. The van der Waals surface area contributed by atoms with Crippen LogP contribution in [-0.2, 0) is 0 Å². The highest BCUT2D eigenvalue weighted by Crippen LogP contribution is 2.52. The number of aromatic nitrogens is 1. The molecule has 3 heterocycles. The second-order valence-corrected chi connectivity index (χ2v) is 10.6. The standard InChI is InChI=1S/C24H26N2OS/c1-23(2)12-16-13-24(3,14-23)15-26(16)22(27)18-11-20(21-9-6-10-28-21)25-19-8-5-4-7-17(18)19/h4-11,16H,12-15H2,1-3H3/t16-,24-/m0/s1. The molecule has 2 bridgehead atoms.